The average Bonchev–Trinajstić information content (AvgIpc) is 2.49. The van der Waals surface area contributed by atoms with E-state index in [1.54, 1.807) is 4.90 Å². The lowest BCUT2D eigenvalue weighted by atomic mass is 10.1. The molecule has 1 fully saturated rings. The second kappa shape index (κ2) is 5.81. The molecule has 1 aromatic rings. The highest BCUT2D eigenvalue weighted by molar-refractivity contribution is 5.94. The summed E-state index contributed by atoms with van der Waals surface area (Å²) >= 11 is 0. The lowest BCUT2D eigenvalue weighted by Crippen LogP contribution is -2.46. The predicted octanol–water partition coefficient (Wildman–Crippen LogP) is 2.21. The third kappa shape index (κ3) is 2.64. The minimum Gasteiger partial charge on any atom is -0.353 e. The number of para-hydroxylation sites is 1. The number of hydrogen-bond acceptors (Lipinski definition) is 3. The van der Waals surface area contributed by atoms with E-state index in [0.29, 0.717) is 19.5 Å². The van der Waals surface area contributed by atoms with E-state index in [2.05, 4.69) is 6.07 Å². The molecule has 0 unspecified atom stereocenters. The Morgan fingerprint density at radius 3 is 2.80 bits per heavy atom. The smallest absolute Gasteiger partial charge is 0.324 e. The summed E-state index contributed by atoms with van der Waals surface area (Å²) < 4.78 is 11.1. The molecule has 3 rings (SSSR count). The molecule has 2 aliphatic rings. The van der Waals surface area contributed by atoms with Crippen LogP contribution in [0, 0.1) is 0 Å². The van der Waals surface area contributed by atoms with Crippen molar-refractivity contribution in [2.45, 2.75) is 25.7 Å². The van der Waals surface area contributed by atoms with E-state index < -0.39 is 0 Å². The molecule has 0 aromatic heterocycles. The first kappa shape index (κ1) is 13.4. The summed E-state index contributed by atoms with van der Waals surface area (Å²) in [5.41, 5.74) is 2.19. The molecular formula is C15H20N2O3. The summed E-state index contributed by atoms with van der Waals surface area (Å²) in [6.07, 6.45) is 1.47. The molecule has 0 N–H and O–H groups in total. The third-order valence-corrected chi connectivity index (χ3v) is 3.73. The number of carbonyl (C=O) groups excluding carboxylic acids is 1. The van der Waals surface area contributed by atoms with Crippen LogP contribution in [0.5, 0.6) is 0 Å². The second-order valence-corrected chi connectivity index (χ2v) is 5.23. The minimum atomic E-state index is -0.184. The van der Waals surface area contributed by atoms with Crippen LogP contribution in [0.4, 0.5) is 10.5 Å². The fourth-order valence-electron chi connectivity index (χ4n) is 2.69. The Kier molecular flexibility index (Phi) is 3.89. The molecule has 0 spiro atoms. The molecule has 2 aliphatic heterocycles. The fraction of sp³-hybridized carbons (Fsp3) is 0.533. The lowest BCUT2D eigenvalue weighted by Gasteiger charge is -2.36. The van der Waals surface area contributed by atoms with E-state index in [-0.39, 0.29) is 12.3 Å². The van der Waals surface area contributed by atoms with Crippen molar-refractivity contribution in [2.75, 3.05) is 31.7 Å². The monoisotopic (exact) mass is 276 g/mol. The van der Waals surface area contributed by atoms with Crippen molar-refractivity contribution < 1.29 is 14.3 Å². The van der Waals surface area contributed by atoms with Crippen LogP contribution in [0.25, 0.3) is 0 Å². The number of rotatable bonds is 3. The first-order valence-electron chi connectivity index (χ1n) is 7.09. The van der Waals surface area contributed by atoms with Crippen LogP contribution in [0.1, 0.15) is 18.4 Å². The molecule has 1 aromatic carbocycles. The molecule has 1 saturated heterocycles. The zero-order valence-electron chi connectivity index (χ0n) is 11.7. The normalized spacial score (nSPS) is 20.1. The number of ether oxygens (including phenoxy) is 2. The van der Waals surface area contributed by atoms with E-state index in [1.807, 2.05) is 30.1 Å². The number of hydrogen-bond donors (Lipinski definition) is 0. The van der Waals surface area contributed by atoms with Crippen LogP contribution < -0.4 is 4.90 Å². The van der Waals surface area contributed by atoms with Crippen molar-refractivity contribution in [2.24, 2.45) is 0 Å². The van der Waals surface area contributed by atoms with Crippen molar-refractivity contribution >= 4 is 11.7 Å². The Hall–Kier alpha value is -1.59. The highest BCUT2D eigenvalue weighted by atomic mass is 16.7. The molecule has 0 aliphatic carbocycles. The second-order valence-electron chi connectivity index (χ2n) is 5.23. The van der Waals surface area contributed by atoms with E-state index in [0.717, 1.165) is 25.3 Å². The lowest BCUT2D eigenvalue weighted by molar-refractivity contribution is -0.179. The molecule has 20 heavy (non-hydrogen) atoms. The average molecular weight is 276 g/mol. The van der Waals surface area contributed by atoms with Crippen molar-refractivity contribution in [3.8, 4) is 0 Å². The van der Waals surface area contributed by atoms with Gasteiger partial charge in [-0.25, -0.2) is 4.79 Å². The van der Waals surface area contributed by atoms with Crippen molar-refractivity contribution in [1.82, 2.24) is 4.90 Å². The van der Waals surface area contributed by atoms with Gasteiger partial charge in [0.1, 0.15) is 0 Å². The topological polar surface area (TPSA) is 42.0 Å². The van der Waals surface area contributed by atoms with Gasteiger partial charge in [0.05, 0.1) is 18.9 Å². The Bertz CT molecular complexity index is 486. The van der Waals surface area contributed by atoms with Gasteiger partial charge < -0.3 is 14.4 Å². The molecule has 2 amide bonds. The van der Waals surface area contributed by atoms with Gasteiger partial charge in [-0.2, -0.15) is 0 Å². The summed E-state index contributed by atoms with van der Waals surface area (Å²) in [6, 6.07) is 8.09. The molecular weight excluding hydrogens is 256 g/mol. The molecule has 5 nitrogen and oxygen atoms in total. The van der Waals surface area contributed by atoms with Crippen LogP contribution in [0.2, 0.25) is 0 Å². The zero-order valence-corrected chi connectivity index (χ0v) is 11.7. The first-order valence-corrected chi connectivity index (χ1v) is 7.09. The van der Waals surface area contributed by atoms with Gasteiger partial charge in [0.25, 0.3) is 0 Å². The van der Waals surface area contributed by atoms with Gasteiger partial charge in [-0.1, -0.05) is 18.2 Å². The van der Waals surface area contributed by atoms with Gasteiger partial charge in [0.2, 0.25) is 0 Å². The van der Waals surface area contributed by atoms with E-state index >= 15 is 0 Å². The van der Waals surface area contributed by atoms with Crippen LogP contribution >= 0.6 is 0 Å². The highest BCUT2D eigenvalue weighted by Gasteiger charge is 2.28. The van der Waals surface area contributed by atoms with Crippen LogP contribution in [0.3, 0.4) is 0 Å². The van der Waals surface area contributed by atoms with Crippen molar-refractivity contribution in [1.29, 1.82) is 0 Å². The summed E-state index contributed by atoms with van der Waals surface area (Å²) in [7, 11) is 1.83. The Morgan fingerprint density at radius 1 is 1.25 bits per heavy atom. The van der Waals surface area contributed by atoms with Gasteiger partial charge in [0.15, 0.2) is 6.29 Å². The molecule has 0 atom stereocenters. The number of carbonyl (C=O) groups is 1. The van der Waals surface area contributed by atoms with Crippen LogP contribution in [-0.4, -0.2) is 44.0 Å². The van der Waals surface area contributed by atoms with E-state index in [1.165, 1.54) is 5.56 Å². The molecule has 0 saturated carbocycles. The summed E-state index contributed by atoms with van der Waals surface area (Å²) in [5, 5.41) is 0. The number of amides is 2. The number of anilines is 1. The molecule has 2 heterocycles. The Labute approximate surface area is 119 Å². The maximum atomic E-state index is 12.3. The van der Waals surface area contributed by atoms with Gasteiger partial charge >= 0.3 is 6.03 Å². The largest absolute Gasteiger partial charge is 0.353 e. The van der Waals surface area contributed by atoms with Crippen LogP contribution in [0.15, 0.2) is 24.3 Å². The molecule has 0 bridgehead atoms. The van der Waals surface area contributed by atoms with Gasteiger partial charge in [-0.15, -0.1) is 0 Å². The summed E-state index contributed by atoms with van der Waals surface area (Å²) in [5.74, 6) is 0. The molecule has 108 valence electrons. The standard InChI is InChI=1S/C15H20N2O3/c1-16-11-12-5-2-3-6-13(12)17(15(16)18)8-7-14-19-9-4-10-20-14/h2-3,5-6,14H,4,7-11H2,1H3. The first-order chi connectivity index (χ1) is 9.75. The van der Waals surface area contributed by atoms with E-state index in [4.69, 9.17) is 9.47 Å². The maximum absolute atomic E-state index is 12.3. The number of nitrogens with zero attached hydrogens (tertiary/aromatic N) is 2. The molecule has 0 radical (unpaired) electrons. The van der Waals surface area contributed by atoms with Gasteiger partial charge in [-0.3, -0.25) is 4.90 Å². The SMILES string of the molecule is CN1Cc2ccccc2N(CCC2OCCCO2)C1=O. The minimum absolute atomic E-state index is 0.0412. The number of benzene rings is 1. The number of urea groups is 1. The van der Waals surface area contributed by atoms with Crippen molar-refractivity contribution in [3.63, 3.8) is 0 Å². The quantitative estimate of drug-likeness (QED) is 0.850. The number of fused-ring (bicyclic) bond motifs is 1. The van der Waals surface area contributed by atoms with Crippen molar-refractivity contribution in [3.05, 3.63) is 29.8 Å². The van der Waals surface area contributed by atoms with Gasteiger partial charge in [-0.05, 0) is 18.1 Å². The summed E-state index contributed by atoms with van der Waals surface area (Å²) in [4.78, 5) is 15.9. The van der Waals surface area contributed by atoms with Crippen LogP contribution in [-0.2, 0) is 16.0 Å². The van der Waals surface area contributed by atoms with E-state index in [9.17, 15) is 4.79 Å². The highest BCUT2D eigenvalue weighted by Crippen LogP contribution is 2.28. The maximum Gasteiger partial charge on any atom is 0.324 e. The summed E-state index contributed by atoms with van der Waals surface area (Å²) in [6.45, 7) is 2.77. The third-order valence-electron chi connectivity index (χ3n) is 3.73. The zero-order chi connectivity index (χ0) is 13.9. The predicted molar refractivity (Wildman–Crippen MR) is 75.6 cm³/mol. The Balaban J connectivity index is 1.72. The molecule has 5 heteroatoms. The fourth-order valence-corrected chi connectivity index (χ4v) is 2.69. The van der Waals surface area contributed by atoms with Gasteiger partial charge in [0, 0.05) is 26.6 Å². The Morgan fingerprint density at radius 2 is 2.00 bits per heavy atom.